The summed E-state index contributed by atoms with van der Waals surface area (Å²) in [5.74, 6) is -0.687. The van der Waals surface area contributed by atoms with Gasteiger partial charge in [-0.15, -0.1) is 0 Å². The van der Waals surface area contributed by atoms with Gasteiger partial charge in [0, 0.05) is 31.2 Å². The zero-order valence-corrected chi connectivity index (χ0v) is 16.4. The van der Waals surface area contributed by atoms with Gasteiger partial charge < -0.3 is 14.8 Å². The normalized spacial score (nSPS) is 15.5. The van der Waals surface area contributed by atoms with Gasteiger partial charge in [0.2, 0.25) is 0 Å². The Morgan fingerprint density at radius 2 is 1.96 bits per heavy atom. The molecule has 8 nitrogen and oxygen atoms in total. The third kappa shape index (κ3) is 6.33. The molecule has 0 saturated carbocycles. The molecule has 1 aromatic rings. The molecule has 0 atom stereocenters. The van der Waals surface area contributed by atoms with Gasteiger partial charge in [-0.25, -0.2) is 5.43 Å². The van der Waals surface area contributed by atoms with Gasteiger partial charge in [0.15, 0.2) is 0 Å². The lowest BCUT2D eigenvalue weighted by Crippen LogP contribution is -2.41. The van der Waals surface area contributed by atoms with Crippen LogP contribution < -0.4 is 15.5 Å². The van der Waals surface area contributed by atoms with E-state index in [1.807, 2.05) is 18.2 Å². The molecule has 1 aliphatic rings. The first-order valence-corrected chi connectivity index (χ1v) is 9.03. The lowest BCUT2D eigenvalue weighted by Gasteiger charge is -2.27. The van der Waals surface area contributed by atoms with Crippen molar-refractivity contribution in [1.29, 1.82) is 0 Å². The predicted molar refractivity (Wildman–Crippen MR) is 103 cm³/mol. The molecule has 0 radical (unpaired) electrons. The molecule has 2 N–H and O–H groups in total. The minimum Gasteiger partial charge on any atom is -0.496 e. The minimum absolute atomic E-state index is 0.113. The summed E-state index contributed by atoms with van der Waals surface area (Å²) in [6.07, 6.45) is 0. The van der Waals surface area contributed by atoms with E-state index in [0.717, 1.165) is 49.7 Å². The number of nitrogens with one attached hydrogen (secondary N) is 2. The number of hydrazone groups is 1. The van der Waals surface area contributed by atoms with Gasteiger partial charge in [0.1, 0.15) is 5.75 Å². The Labute approximate surface area is 159 Å². The number of morpholine rings is 1. The average Bonchev–Trinajstić information content (AvgIpc) is 2.66. The highest BCUT2D eigenvalue weighted by atomic mass is 16.5. The molecule has 0 spiro atoms. The lowest BCUT2D eigenvalue weighted by molar-refractivity contribution is -0.139. The van der Waals surface area contributed by atoms with Gasteiger partial charge in [-0.05, 0) is 44.5 Å². The second kappa shape index (κ2) is 10.0. The summed E-state index contributed by atoms with van der Waals surface area (Å²) in [6.45, 7) is 9.31. The summed E-state index contributed by atoms with van der Waals surface area (Å²) in [4.78, 5) is 25.7. The molecule has 1 aromatic carbocycles. The summed E-state index contributed by atoms with van der Waals surface area (Å²) in [5.41, 5.74) is 4.79. The summed E-state index contributed by atoms with van der Waals surface area (Å²) in [7, 11) is 1.65. The lowest BCUT2D eigenvalue weighted by atomic mass is 10.1. The fourth-order valence-electron chi connectivity index (χ4n) is 2.71. The smallest absolute Gasteiger partial charge is 0.329 e. The molecule has 1 saturated heterocycles. The number of benzene rings is 1. The third-order valence-electron chi connectivity index (χ3n) is 4.15. The molecule has 2 amide bonds. The van der Waals surface area contributed by atoms with Crippen LogP contribution in [-0.4, -0.2) is 61.9 Å². The van der Waals surface area contributed by atoms with Gasteiger partial charge in [-0.2, -0.15) is 5.10 Å². The van der Waals surface area contributed by atoms with E-state index >= 15 is 0 Å². The topological polar surface area (TPSA) is 92.3 Å². The fourth-order valence-corrected chi connectivity index (χ4v) is 2.71. The summed E-state index contributed by atoms with van der Waals surface area (Å²) >= 11 is 0. The minimum atomic E-state index is -0.787. The number of methoxy groups -OCH3 is 1. The predicted octanol–water partition coefficient (Wildman–Crippen LogP) is 0.892. The molecule has 8 heteroatoms. The molecule has 1 fully saturated rings. The first-order valence-electron chi connectivity index (χ1n) is 9.03. The highest BCUT2D eigenvalue weighted by Crippen LogP contribution is 2.22. The van der Waals surface area contributed by atoms with E-state index in [4.69, 9.17) is 9.47 Å². The van der Waals surface area contributed by atoms with Crippen LogP contribution in [0.5, 0.6) is 5.75 Å². The Bertz CT molecular complexity index is 697. The van der Waals surface area contributed by atoms with Crippen molar-refractivity contribution in [2.24, 2.45) is 5.10 Å². The monoisotopic (exact) mass is 376 g/mol. The van der Waals surface area contributed by atoms with Gasteiger partial charge in [-0.3, -0.25) is 14.5 Å². The van der Waals surface area contributed by atoms with Crippen LogP contribution in [-0.2, 0) is 20.9 Å². The number of rotatable bonds is 6. The Balaban J connectivity index is 2.08. The van der Waals surface area contributed by atoms with E-state index in [1.165, 1.54) is 0 Å². The van der Waals surface area contributed by atoms with Crippen LogP contribution >= 0.6 is 0 Å². The van der Waals surface area contributed by atoms with Crippen molar-refractivity contribution in [2.45, 2.75) is 33.4 Å². The van der Waals surface area contributed by atoms with Crippen molar-refractivity contribution in [1.82, 2.24) is 15.6 Å². The maximum absolute atomic E-state index is 11.8. The fraction of sp³-hybridized carbons (Fsp3) is 0.526. The first kappa shape index (κ1) is 20.9. The third-order valence-corrected chi connectivity index (χ3v) is 4.15. The Morgan fingerprint density at radius 1 is 1.26 bits per heavy atom. The van der Waals surface area contributed by atoms with Crippen LogP contribution in [0.15, 0.2) is 23.3 Å². The van der Waals surface area contributed by atoms with Gasteiger partial charge >= 0.3 is 11.8 Å². The number of hydrogen-bond acceptors (Lipinski definition) is 6. The highest BCUT2D eigenvalue weighted by molar-refractivity contribution is 6.35. The molecule has 0 bridgehead atoms. The highest BCUT2D eigenvalue weighted by Gasteiger charge is 2.16. The second-order valence-electron chi connectivity index (χ2n) is 6.68. The maximum atomic E-state index is 11.8. The Kier molecular flexibility index (Phi) is 7.75. The van der Waals surface area contributed by atoms with E-state index < -0.39 is 11.8 Å². The van der Waals surface area contributed by atoms with Crippen LogP contribution in [0.1, 0.15) is 31.9 Å². The van der Waals surface area contributed by atoms with Gasteiger partial charge in [0.25, 0.3) is 0 Å². The molecule has 148 valence electrons. The van der Waals surface area contributed by atoms with Crippen molar-refractivity contribution in [3.05, 3.63) is 29.3 Å². The standard InChI is InChI=1S/C19H28N4O4/c1-13(2)20-18(24)19(25)22-21-14(3)15-5-6-17(26-4)16(11-15)12-23-7-9-27-10-8-23/h5-6,11,13H,7-10,12H2,1-4H3,(H,20,24)(H,22,25)/b21-14-. The molecule has 0 aromatic heterocycles. The van der Waals surface area contributed by atoms with E-state index in [2.05, 4.69) is 20.7 Å². The average molecular weight is 376 g/mol. The maximum Gasteiger partial charge on any atom is 0.329 e. The van der Waals surface area contributed by atoms with Crippen molar-refractivity contribution in [2.75, 3.05) is 33.4 Å². The number of carbonyl (C=O) groups excluding carboxylic acids is 2. The molecule has 0 aliphatic carbocycles. The number of nitrogens with zero attached hydrogens (tertiary/aromatic N) is 2. The van der Waals surface area contributed by atoms with E-state index in [-0.39, 0.29) is 6.04 Å². The molecule has 0 unspecified atom stereocenters. The molecular weight excluding hydrogens is 348 g/mol. The molecule has 1 aliphatic heterocycles. The van der Waals surface area contributed by atoms with Crippen molar-refractivity contribution in [3.63, 3.8) is 0 Å². The number of carbonyl (C=O) groups is 2. The molecule has 2 rings (SSSR count). The summed E-state index contributed by atoms with van der Waals surface area (Å²) in [5, 5.41) is 6.57. The van der Waals surface area contributed by atoms with Crippen LogP contribution in [0, 0.1) is 0 Å². The zero-order chi connectivity index (χ0) is 19.8. The number of hydrogen-bond donors (Lipinski definition) is 2. The Morgan fingerprint density at radius 3 is 2.59 bits per heavy atom. The number of amides is 2. The van der Waals surface area contributed by atoms with Crippen molar-refractivity contribution >= 4 is 17.5 Å². The SMILES string of the molecule is COc1ccc(/C(C)=N\NC(=O)C(=O)NC(C)C)cc1CN1CCOCC1. The summed E-state index contributed by atoms with van der Waals surface area (Å²) < 4.78 is 10.9. The van der Waals surface area contributed by atoms with Gasteiger partial charge in [-0.1, -0.05) is 0 Å². The first-order chi connectivity index (χ1) is 12.9. The van der Waals surface area contributed by atoms with E-state index in [0.29, 0.717) is 5.71 Å². The zero-order valence-electron chi connectivity index (χ0n) is 16.4. The van der Waals surface area contributed by atoms with Crippen LogP contribution in [0.25, 0.3) is 0 Å². The van der Waals surface area contributed by atoms with Crippen LogP contribution in [0.3, 0.4) is 0 Å². The number of ether oxygens (including phenoxy) is 2. The van der Waals surface area contributed by atoms with Crippen LogP contribution in [0.2, 0.25) is 0 Å². The van der Waals surface area contributed by atoms with Crippen molar-refractivity contribution < 1.29 is 19.1 Å². The molecule has 27 heavy (non-hydrogen) atoms. The van der Waals surface area contributed by atoms with E-state index in [1.54, 1.807) is 27.9 Å². The van der Waals surface area contributed by atoms with Gasteiger partial charge in [0.05, 0.1) is 26.0 Å². The summed E-state index contributed by atoms with van der Waals surface area (Å²) in [6, 6.07) is 5.64. The quantitative estimate of drug-likeness (QED) is 0.437. The Hall–Kier alpha value is -2.45. The largest absolute Gasteiger partial charge is 0.496 e. The second-order valence-corrected chi connectivity index (χ2v) is 6.68. The van der Waals surface area contributed by atoms with Crippen LogP contribution in [0.4, 0.5) is 0 Å². The van der Waals surface area contributed by atoms with E-state index in [9.17, 15) is 9.59 Å². The molecular formula is C19H28N4O4. The van der Waals surface area contributed by atoms with Crippen molar-refractivity contribution in [3.8, 4) is 5.75 Å². The molecule has 1 heterocycles.